The van der Waals surface area contributed by atoms with Crippen LogP contribution in [0.5, 0.6) is 0 Å². The molecule has 5 rings (SSSR count). The lowest BCUT2D eigenvalue weighted by molar-refractivity contribution is 0.0641. The number of nitrogens with one attached hydrogen (secondary N) is 1. The molecule has 2 N–H and O–H groups in total. The van der Waals surface area contributed by atoms with Gasteiger partial charge in [0.2, 0.25) is 5.95 Å². The summed E-state index contributed by atoms with van der Waals surface area (Å²) < 4.78 is 24.4. The van der Waals surface area contributed by atoms with E-state index in [0.717, 1.165) is 30.8 Å². The Labute approximate surface area is 219 Å². The third kappa shape index (κ3) is 4.93. The predicted octanol–water partition coefficient (Wildman–Crippen LogP) is 4.86. The second kappa shape index (κ2) is 9.66. The minimum absolute atomic E-state index is 0.0525. The highest BCUT2D eigenvalue weighted by Crippen LogP contribution is 2.34. The predicted molar refractivity (Wildman–Crippen MR) is 140 cm³/mol. The second-order valence-electron chi connectivity index (χ2n) is 10.3. The fraction of sp³-hybridized carbons (Fsp3) is 0.462. The first-order valence-electron chi connectivity index (χ1n) is 12.3. The van der Waals surface area contributed by atoms with Gasteiger partial charge in [-0.2, -0.15) is 5.10 Å². The maximum Gasteiger partial charge on any atom is 0.223 e. The summed E-state index contributed by atoms with van der Waals surface area (Å²) in [6.07, 6.45) is 3.16. The van der Waals surface area contributed by atoms with Crippen molar-refractivity contribution in [3.8, 4) is 11.3 Å². The van der Waals surface area contributed by atoms with Crippen molar-refractivity contribution in [2.45, 2.75) is 71.4 Å². The van der Waals surface area contributed by atoms with Crippen LogP contribution in [0, 0.1) is 5.82 Å². The van der Waals surface area contributed by atoms with Gasteiger partial charge in [0.15, 0.2) is 5.82 Å². The van der Waals surface area contributed by atoms with Crippen LogP contribution in [0.25, 0.3) is 22.3 Å². The molecule has 0 bridgehead atoms. The van der Waals surface area contributed by atoms with Crippen LogP contribution in [-0.2, 0) is 29.9 Å². The van der Waals surface area contributed by atoms with Gasteiger partial charge in [-0.25, -0.2) is 19.3 Å². The molecule has 1 unspecified atom stereocenters. The Morgan fingerprint density at radius 3 is 2.76 bits per heavy atom. The van der Waals surface area contributed by atoms with Gasteiger partial charge in [0, 0.05) is 43.4 Å². The van der Waals surface area contributed by atoms with E-state index in [1.54, 1.807) is 21.0 Å². The Bertz CT molecular complexity index is 1460. The van der Waals surface area contributed by atoms with Crippen LogP contribution in [0.3, 0.4) is 0 Å². The number of aryl methyl sites for hydroxylation is 1. The van der Waals surface area contributed by atoms with Crippen LogP contribution in [0.2, 0.25) is 5.02 Å². The maximum atomic E-state index is 15.3. The minimum atomic E-state index is -1.24. The Hall–Kier alpha value is -3.08. The fourth-order valence-electron chi connectivity index (χ4n) is 4.91. The molecule has 1 aromatic carbocycles. The SMILES string of the molecule is COCc1cc2n(n1)CCC(Nc1ncc(Cl)c(-c3cc(F)c4nc(C(C)(C)O)n(C(C)C)c4c3)n1)C2. The molecule has 196 valence electrons. The van der Waals surface area contributed by atoms with Crippen LogP contribution in [0.1, 0.15) is 57.4 Å². The maximum absolute atomic E-state index is 15.3. The first kappa shape index (κ1) is 25.6. The van der Waals surface area contributed by atoms with E-state index < -0.39 is 11.4 Å². The molecule has 0 saturated carbocycles. The smallest absolute Gasteiger partial charge is 0.223 e. The zero-order valence-electron chi connectivity index (χ0n) is 21.6. The van der Waals surface area contributed by atoms with Crippen LogP contribution in [0.4, 0.5) is 10.3 Å². The van der Waals surface area contributed by atoms with Crippen molar-refractivity contribution >= 4 is 28.6 Å². The second-order valence-corrected chi connectivity index (χ2v) is 10.7. The Morgan fingerprint density at radius 2 is 2.05 bits per heavy atom. The van der Waals surface area contributed by atoms with Gasteiger partial charge in [0.05, 0.1) is 34.7 Å². The lowest BCUT2D eigenvalue weighted by Crippen LogP contribution is -2.31. The fourth-order valence-corrected chi connectivity index (χ4v) is 5.11. The number of halogens is 2. The van der Waals surface area contributed by atoms with Crippen molar-refractivity contribution in [1.82, 2.24) is 29.3 Å². The number of aliphatic hydroxyl groups is 1. The molecule has 0 aliphatic carbocycles. The molecule has 0 saturated heterocycles. The van der Waals surface area contributed by atoms with Gasteiger partial charge in [-0.05, 0) is 52.3 Å². The molecule has 4 aromatic rings. The molecule has 1 aliphatic rings. The third-order valence-corrected chi connectivity index (χ3v) is 6.79. The average molecular weight is 528 g/mol. The van der Waals surface area contributed by atoms with Crippen molar-refractivity contribution in [1.29, 1.82) is 0 Å². The van der Waals surface area contributed by atoms with Gasteiger partial charge in [-0.3, -0.25) is 4.68 Å². The largest absolute Gasteiger partial charge is 0.383 e. The topological polar surface area (TPSA) is 103 Å². The van der Waals surface area contributed by atoms with Crippen LogP contribution >= 0.6 is 11.6 Å². The van der Waals surface area contributed by atoms with E-state index in [9.17, 15) is 5.11 Å². The van der Waals surface area contributed by atoms with E-state index in [2.05, 4.69) is 31.4 Å². The van der Waals surface area contributed by atoms with E-state index in [1.165, 1.54) is 12.3 Å². The third-order valence-electron chi connectivity index (χ3n) is 6.51. The van der Waals surface area contributed by atoms with E-state index in [1.807, 2.05) is 29.2 Å². The number of fused-ring (bicyclic) bond motifs is 2. The van der Waals surface area contributed by atoms with E-state index in [0.29, 0.717) is 40.2 Å². The van der Waals surface area contributed by atoms with Gasteiger partial charge in [-0.1, -0.05) is 11.6 Å². The number of anilines is 1. The summed E-state index contributed by atoms with van der Waals surface area (Å²) in [7, 11) is 1.66. The van der Waals surface area contributed by atoms with Gasteiger partial charge < -0.3 is 19.7 Å². The molecule has 9 nitrogen and oxygen atoms in total. The van der Waals surface area contributed by atoms with Gasteiger partial charge in [0.1, 0.15) is 16.9 Å². The lowest BCUT2D eigenvalue weighted by atomic mass is 10.0. The quantitative estimate of drug-likeness (QED) is 0.353. The van der Waals surface area contributed by atoms with Crippen LogP contribution < -0.4 is 5.32 Å². The van der Waals surface area contributed by atoms with E-state index >= 15 is 4.39 Å². The molecule has 37 heavy (non-hydrogen) atoms. The van der Waals surface area contributed by atoms with Crippen molar-refractivity contribution in [2.75, 3.05) is 12.4 Å². The molecule has 1 aliphatic heterocycles. The minimum Gasteiger partial charge on any atom is -0.383 e. The molecule has 0 spiro atoms. The number of imidazole rings is 1. The Kier molecular flexibility index (Phi) is 6.68. The van der Waals surface area contributed by atoms with Crippen molar-refractivity contribution in [3.63, 3.8) is 0 Å². The van der Waals surface area contributed by atoms with Gasteiger partial charge in [0.25, 0.3) is 0 Å². The number of nitrogens with zero attached hydrogens (tertiary/aromatic N) is 6. The van der Waals surface area contributed by atoms with Crippen LogP contribution in [-0.4, -0.2) is 47.6 Å². The highest BCUT2D eigenvalue weighted by molar-refractivity contribution is 6.33. The molecular weight excluding hydrogens is 497 g/mol. The van der Waals surface area contributed by atoms with Gasteiger partial charge >= 0.3 is 0 Å². The standard InChI is InChI=1S/C26H31ClFN7O2/c1-14(2)35-21-9-15(8-20(28)23(21)31-24(35)26(3,4)36)22-19(27)12-29-25(32-22)30-16-6-7-34-18(10-16)11-17(33-34)13-37-5/h8-9,11-12,14,16,36H,6-7,10,13H2,1-5H3,(H,29,30,32). The molecule has 0 fully saturated rings. The number of hydrogen-bond acceptors (Lipinski definition) is 7. The molecule has 11 heteroatoms. The first-order valence-corrected chi connectivity index (χ1v) is 12.7. The zero-order valence-corrected chi connectivity index (χ0v) is 22.3. The summed E-state index contributed by atoms with van der Waals surface area (Å²) in [5.74, 6) is 0.313. The Morgan fingerprint density at radius 1 is 1.27 bits per heavy atom. The summed E-state index contributed by atoms with van der Waals surface area (Å²) in [5.41, 5.74) is 2.50. The first-order chi connectivity index (χ1) is 17.5. The summed E-state index contributed by atoms with van der Waals surface area (Å²) >= 11 is 6.50. The number of hydrogen-bond donors (Lipinski definition) is 2. The summed E-state index contributed by atoms with van der Waals surface area (Å²) in [6, 6.07) is 5.31. The number of aromatic nitrogens is 6. The van der Waals surface area contributed by atoms with E-state index in [4.69, 9.17) is 16.3 Å². The lowest BCUT2D eigenvalue weighted by Gasteiger charge is -2.24. The normalized spacial score (nSPS) is 16.0. The van der Waals surface area contributed by atoms with E-state index in [-0.39, 0.29) is 17.6 Å². The zero-order chi connectivity index (χ0) is 26.5. The summed E-state index contributed by atoms with van der Waals surface area (Å²) in [5, 5.41) is 19.0. The van der Waals surface area contributed by atoms with Crippen molar-refractivity contribution < 1.29 is 14.2 Å². The van der Waals surface area contributed by atoms with Crippen LogP contribution in [0.15, 0.2) is 24.4 Å². The van der Waals surface area contributed by atoms with Crippen molar-refractivity contribution in [3.05, 3.63) is 52.4 Å². The highest BCUT2D eigenvalue weighted by atomic mass is 35.5. The molecule has 1 atom stereocenters. The molecule has 4 heterocycles. The molecule has 0 radical (unpaired) electrons. The summed E-state index contributed by atoms with van der Waals surface area (Å²) in [6.45, 7) is 8.48. The number of methoxy groups -OCH3 is 1. The Balaban J connectivity index is 1.48. The molecule has 3 aromatic heterocycles. The highest BCUT2D eigenvalue weighted by Gasteiger charge is 2.28. The summed E-state index contributed by atoms with van der Waals surface area (Å²) in [4.78, 5) is 13.5. The molecular formula is C26H31ClFN7O2. The van der Waals surface area contributed by atoms with Crippen molar-refractivity contribution in [2.24, 2.45) is 0 Å². The molecule has 0 amide bonds. The van der Waals surface area contributed by atoms with Gasteiger partial charge in [-0.15, -0.1) is 0 Å². The average Bonchev–Trinajstić information content (AvgIpc) is 3.41. The monoisotopic (exact) mass is 527 g/mol. The number of ether oxygens (including phenoxy) is 1. The number of benzene rings is 1. The number of rotatable bonds is 7.